The minimum absolute atomic E-state index is 0.190. The first-order chi connectivity index (χ1) is 9.27. The largest absolute Gasteiger partial charge is 0.391 e. The summed E-state index contributed by atoms with van der Waals surface area (Å²) in [5.74, 6) is 0.104. The lowest BCUT2D eigenvalue weighted by molar-refractivity contribution is -0.189. The van der Waals surface area contributed by atoms with E-state index in [1.165, 1.54) is 6.42 Å². The van der Waals surface area contributed by atoms with Gasteiger partial charge in [0.15, 0.2) is 0 Å². The molecule has 2 nitrogen and oxygen atoms in total. The second-order valence-electron chi connectivity index (χ2n) is 7.10. The standard InChI is InChI=1S/C15H27F3N2/c1-11-7-12(2)9-20(8-11)14(10-19)5-3-13(4-6-14)15(16,17)18/h11-13H,3-10,19H2,1-2H3. The van der Waals surface area contributed by atoms with Crippen LogP contribution in [-0.4, -0.2) is 36.2 Å². The third-order valence-corrected chi connectivity index (χ3v) is 5.30. The van der Waals surface area contributed by atoms with E-state index in [-0.39, 0.29) is 18.4 Å². The number of hydrogen-bond acceptors (Lipinski definition) is 2. The van der Waals surface area contributed by atoms with Crippen LogP contribution in [0, 0.1) is 17.8 Å². The van der Waals surface area contributed by atoms with Gasteiger partial charge in [-0.2, -0.15) is 13.2 Å². The maximum atomic E-state index is 12.8. The first-order valence-electron chi connectivity index (χ1n) is 7.78. The van der Waals surface area contributed by atoms with Crippen molar-refractivity contribution in [3.05, 3.63) is 0 Å². The summed E-state index contributed by atoms with van der Waals surface area (Å²) in [6.45, 7) is 6.91. The lowest BCUT2D eigenvalue weighted by atomic mass is 9.73. The summed E-state index contributed by atoms with van der Waals surface area (Å²) in [5.41, 5.74) is 5.80. The number of hydrogen-bond donors (Lipinski definition) is 1. The molecule has 0 bridgehead atoms. The maximum Gasteiger partial charge on any atom is 0.391 e. The van der Waals surface area contributed by atoms with Crippen LogP contribution in [0.2, 0.25) is 0 Å². The van der Waals surface area contributed by atoms with Crippen LogP contribution in [0.25, 0.3) is 0 Å². The lowest BCUT2D eigenvalue weighted by Crippen LogP contribution is -2.60. The van der Waals surface area contributed by atoms with Crippen molar-refractivity contribution >= 4 is 0 Å². The Morgan fingerprint density at radius 2 is 1.60 bits per heavy atom. The third-order valence-electron chi connectivity index (χ3n) is 5.30. The Hall–Kier alpha value is -0.290. The SMILES string of the molecule is CC1CC(C)CN(C2(CN)CCC(C(F)(F)F)CC2)C1. The Balaban J connectivity index is 2.04. The Kier molecular flexibility index (Phi) is 4.69. The van der Waals surface area contributed by atoms with Gasteiger partial charge >= 0.3 is 6.18 Å². The molecule has 1 aliphatic heterocycles. The molecular weight excluding hydrogens is 265 g/mol. The Labute approximate surface area is 119 Å². The summed E-state index contributed by atoms with van der Waals surface area (Å²) in [7, 11) is 0. The van der Waals surface area contributed by atoms with Crippen molar-refractivity contribution in [2.45, 2.75) is 57.7 Å². The van der Waals surface area contributed by atoms with Crippen LogP contribution >= 0.6 is 0 Å². The topological polar surface area (TPSA) is 29.3 Å². The number of likely N-dealkylation sites (tertiary alicyclic amines) is 1. The van der Waals surface area contributed by atoms with Gasteiger partial charge in [-0.05, 0) is 43.9 Å². The van der Waals surface area contributed by atoms with E-state index < -0.39 is 12.1 Å². The van der Waals surface area contributed by atoms with Gasteiger partial charge in [0.05, 0.1) is 5.92 Å². The molecule has 2 N–H and O–H groups in total. The molecule has 0 radical (unpaired) electrons. The smallest absolute Gasteiger partial charge is 0.329 e. The molecule has 2 rings (SSSR count). The van der Waals surface area contributed by atoms with E-state index in [9.17, 15) is 13.2 Å². The zero-order valence-electron chi connectivity index (χ0n) is 12.5. The molecule has 0 aromatic carbocycles. The zero-order chi connectivity index (χ0) is 15.0. The number of piperidine rings is 1. The van der Waals surface area contributed by atoms with Crippen LogP contribution in [0.3, 0.4) is 0 Å². The second kappa shape index (κ2) is 5.84. The molecule has 1 saturated carbocycles. The first kappa shape index (κ1) is 16.1. The van der Waals surface area contributed by atoms with Gasteiger partial charge in [0, 0.05) is 25.2 Å². The van der Waals surface area contributed by atoms with Gasteiger partial charge in [-0.3, -0.25) is 4.90 Å². The summed E-state index contributed by atoms with van der Waals surface area (Å²) in [5, 5.41) is 0. The van der Waals surface area contributed by atoms with E-state index >= 15 is 0 Å². The average Bonchev–Trinajstić information content (AvgIpc) is 2.36. The van der Waals surface area contributed by atoms with Gasteiger partial charge in [-0.1, -0.05) is 13.8 Å². The predicted molar refractivity (Wildman–Crippen MR) is 74.3 cm³/mol. The van der Waals surface area contributed by atoms with Crippen LogP contribution in [0.15, 0.2) is 0 Å². The number of halogens is 3. The minimum Gasteiger partial charge on any atom is -0.329 e. The molecule has 5 heteroatoms. The normalized spacial score (nSPS) is 40.8. The highest BCUT2D eigenvalue weighted by Gasteiger charge is 2.48. The Morgan fingerprint density at radius 1 is 1.10 bits per heavy atom. The summed E-state index contributed by atoms with van der Waals surface area (Å²) in [6.07, 6.45) is -1.17. The fourth-order valence-electron chi connectivity index (χ4n) is 4.18. The molecule has 2 aliphatic rings. The monoisotopic (exact) mass is 292 g/mol. The minimum atomic E-state index is -4.04. The molecule has 1 saturated heterocycles. The van der Waals surface area contributed by atoms with Crippen molar-refractivity contribution < 1.29 is 13.2 Å². The second-order valence-corrected chi connectivity index (χ2v) is 7.10. The Morgan fingerprint density at radius 3 is 2.00 bits per heavy atom. The highest BCUT2D eigenvalue weighted by Crippen LogP contribution is 2.44. The number of nitrogens with zero attached hydrogens (tertiary/aromatic N) is 1. The molecule has 0 aromatic rings. The van der Waals surface area contributed by atoms with Crippen LogP contribution in [0.1, 0.15) is 46.0 Å². The van der Waals surface area contributed by atoms with E-state index in [2.05, 4.69) is 18.7 Å². The fourth-order valence-corrected chi connectivity index (χ4v) is 4.18. The van der Waals surface area contributed by atoms with Crippen LogP contribution in [0.4, 0.5) is 13.2 Å². The summed E-state index contributed by atoms with van der Waals surface area (Å²) in [6, 6.07) is 0. The zero-order valence-corrected chi connectivity index (χ0v) is 12.5. The van der Waals surface area contributed by atoms with Crippen molar-refractivity contribution in [3.63, 3.8) is 0 Å². The van der Waals surface area contributed by atoms with E-state index in [0.29, 0.717) is 31.2 Å². The van der Waals surface area contributed by atoms with E-state index in [4.69, 9.17) is 5.73 Å². The predicted octanol–water partition coefficient (Wildman–Crippen LogP) is 3.41. The number of alkyl halides is 3. The van der Waals surface area contributed by atoms with Gasteiger partial charge in [-0.15, -0.1) is 0 Å². The molecule has 0 amide bonds. The highest BCUT2D eigenvalue weighted by molar-refractivity contribution is 4.99. The summed E-state index contributed by atoms with van der Waals surface area (Å²) >= 11 is 0. The molecule has 0 spiro atoms. The summed E-state index contributed by atoms with van der Waals surface area (Å²) < 4.78 is 38.5. The Bertz CT molecular complexity index is 312. The van der Waals surface area contributed by atoms with Gasteiger partial charge in [0.2, 0.25) is 0 Å². The molecule has 0 aromatic heterocycles. The quantitative estimate of drug-likeness (QED) is 0.845. The van der Waals surface area contributed by atoms with E-state index in [1.807, 2.05) is 0 Å². The molecule has 118 valence electrons. The molecule has 2 atom stereocenters. The van der Waals surface area contributed by atoms with Gasteiger partial charge in [-0.25, -0.2) is 0 Å². The maximum absolute atomic E-state index is 12.8. The first-order valence-corrected chi connectivity index (χ1v) is 7.78. The van der Waals surface area contributed by atoms with Gasteiger partial charge in [0.25, 0.3) is 0 Å². The van der Waals surface area contributed by atoms with Crippen LogP contribution < -0.4 is 5.73 Å². The van der Waals surface area contributed by atoms with Crippen molar-refractivity contribution in [1.29, 1.82) is 0 Å². The van der Waals surface area contributed by atoms with Gasteiger partial charge < -0.3 is 5.73 Å². The number of rotatable bonds is 2. The van der Waals surface area contributed by atoms with Crippen molar-refractivity contribution in [2.75, 3.05) is 19.6 Å². The molecule has 1 heterocycles. The van der Waals surface area contributed by atoms with Crippen LogP contribution in [0.5, 0.6) is 0 Å². The summed E-state index contributed by atoms with van der Waals surface area (Å²) in [4.78, 5) is 2.40. The van der Waals surface area contributed by atoms with Gasteiger partial charge in [0.1, 0.15) is 0 Å². The number of nitrogens with two attached hydrogens (primary N) is 1. The lowest BCUT2D eigenvalue weighted by Gasteiger charge is -2.51. The van der Waals surface area contributed by atoms with E-state index in [0.717, 1.165) is 13.1 Å². The van der Waals surface area contributed by atoms with E-state index in [1.54, 1.807) is 0 Å². The molecular formula is C15H27F3N2. The molecule has 1 aliphatic carbocycles. The fraction of sp³-hybridized carbons (Fsp3) is 1.00. The van der Waals surface area contributed by atoms with Crippen molar-refractivity contribution in [2.24, 2.45) is 23.5 Å². The average molecular weight is 292 g/mol. The highest BCUT2D eigenvalue weighted by atomic mass is 19.4. The van der Waals surface area contributed by atoms with Crippen molar-refractivity contribution in [3.8, 4) is 0 Å². The van der Waals surface area contributed by atoms with Crippen molar-refractivity contribution in [1.82, 2.24) is 4.90 Å². The third kappa shape index (κ3) is 3.30. The van der Waals surface area contributed by atoms with Crippen LogP contribution in [-0.2, 0) is 0 Å². The molecule has 2 unspecified atom stereocenters. The molecule has 2 fully saturated rings. The molecule has 20 heavy (non-hydrogen) atoms.